The van der Waals surface area contributed by atoms with E-state index in [0.29, 0.717) is 0 Å². The van der Waals surface area contributed by atoms with Gasteiger partial charge in [0, 0.05) is 27.6 Å². The summed E-state index contributed by atoms with van der Waals surface area (Å²) in [6, 6.07) is 62.0. The highest BCUT2D eigenvalue weighted by Crippen LogP contribution is 2.40. The smallest absolute Gasteiger partial charge is 0.145 e. The highest BCUT2D eigenvalue weighted by molar-refractivity contribution is 6.16. The van der Waals surface area contributed by atoms with Crippen LogP contribution in [0.15, 0.2) is 176 Å². The van der Waals surface area contributed by atoms with Crippen molar-refractivity contribution in [3.05, 3.63) is 176 Å². The highest BCUT2D eigenvalue weighted by atomic mass is 15.1. The lowest BCUT2D eigenvalue weighted by molar-refractivity contribution is 1.10. The Labute approximate surface area is 273 Å². The molecule has 0 amide bonds. The minimum Gasteiger partial charge on any atom is -0.292 e. The van der Waals surface area contributed by atoms with Crippen LogP contribution in [0.5, 0.6) is 0 Å². The molecule has 0 spiro atoms. The molecule has 3 heteroatoms. The molecule has 3 nitrogen and oxygen atoms in total. The van der Waals surface area contributed by atoms with Crippen LogP contribution < -0.4 is 0 Å². The molecule has 0 saturated carbocycles. The Kier molecular flexibility index (Phi) is 6.46. The molecule has 0 aliphatic rings. The van der Waals surface area contributed by atoms with Crippen LogP contribution in [0, 0.1) is 0 Å². The molecular weight excluding hydrogens is 571 g/mol. The summed E-state index contributed by atoms with van der Waals surface area (Å²) in [6.07, 6.45) is 0. The SMILES string of the molecule is c1ccc(-c2cc(-c3ccccc3)c3cc(-c4ccc(-n5c(-c6ccccc6)nc6ccccc65)cc4)c4ccccc4c3n2)cc1. The Hall–Kier alpha value is -6.32. The maximum absolute atomic E-state index is 5.30. The minimum atomic E-state index is 0.934. The monoisotopic (exact) mass is 599 g/mol. The molecule has 0 radical (unpaired) electrons. The van der Waals surface area contributed by atoms with Gasteiger partial charge in [-0.3, -0.25) is 4.57 Å². The Morgan fingerprint density at radius 3 is 1.66 bits per heavy atom. The zero-order valence-corrected chi connectivity index (χ0v) is 25.6. The van der Waals surface area contributed by atoms with Crippen LogP contribution in [0.3, 0.4) is 0 Å². The minimum absolute atomic E-state index is 0.934. The van der Waals surface area contributed by atoms with E-state index in [-0.39, 0.29) is 0 Å². The number of nitrogens with zero attached hydrogens (tertiary/aromatic N) is 3. The van der Waals surface area contributed by atoms with Gasteiger partial charge in [-0.25, -0.2) is 9.97 Å². The first kappa shape index (κ1) is 27.0. The van der Waals surface area contributed by atoms with Gasteiger partial charge in [-0.15, -0.1) is 0 Å². The molecule has 0 bridgehead atoms. The highest BCUT2D eigenvalue weighted by Gasteiger charge is 2.17. The molecule has 0 atom stereocenters. The summed E-state index contributed by atoms with van der Waals surface area (Å²) < 4.78 is 2.26. The predicted molar refractivity (Wildman–Crippen MR) is 196 cm³/mol. The van der Waals surface area contributed by atoms with Gasteiger partial charge < -0.3 is 0 Å². The fourth-order valence-corrected chi connectivity index (χ4v) is 6.76. The second-order valence-corrected chi connectivity index (χ2v) is 11.8. The van der Waals surface area contributed by atoms with E-state index in [9.17, 15) is 0 Å². The zero-order valence-electron chi connectivity index (χ0n) is 25.6. The lowest BCUT2D eigenvalue weighted by Crippen LogP contribution is -1.97. The second kappa shape index (κ2) is 11.2. The van der Waals surface area contributed by atoms with E-state index in [1.165, 1.54) is 22.1 Å². The van der Waals surface area contributed by atoms with Crippen molar-refractivity contribution < 1.29 is 0 Å². The predicted octanol–water partition coefficient (Wildman–Crippen LogP) is 11.4. The van der Waals surface area contributed by atoms with Crippen molar-refractivity contribution in [1.82, 2.24) is 14.5 Å². The Bertz CT molecular complexity index is 2530. The van der Waals surface area contributed by atoms with Gasteiger partial charge in [0.2, 0.25) is 0 Å². The lowest BCUT2D eigenvalue weighted by atomic mass is 9.91. The van der Waals surface area contributed by atoms with Crippen molar-refractivity contribution in [2.75, 3.05) is 0 Å². The molecule has 9 rings (SSSR count). The van der Waals surface area contributed by atoms with E-state index in [4.69, 9.17) is 9.97 Å². The van der Waals surface area contributed by atoms with Gasteiger partial charge in [0.25, 0.3) is 0 Å². The molecule has 2 aromatic heterocycles. The summed E-state index contributed by atoms with van der Waals surface area (Å²) in [6.45, 7) is 0. The van der Waals surface area contributed by atoms with Crippen molar-refractivity contribution in [3.63, 3.8) is 0 Å². The Morgan fingerprint density at radius 2 is 0.936 bits per heavy atom. The number of para-hydroxylation sites is 2. The van der Waals surface area contributed by atoms with Gasteiger partial charge in [0.15, 0.2) is 0 Å². The maximum Gasteiger partial charge on any atom is 0.145 e. The molecule has 9 aromatic rings. The second-order valence-electron chi connectivity index (χ2n) is 11.8. The molecule has 0 unspecified atom stereocenters. The van der Waals surface area contributed by atoms with Crippen LogP contribution in [0.25, 0.3) is 83.3 Å². The fraction of sp³-hybridized carbons (Fsp3) is 0. The first-order valence-corrected chi connectivity index (χ1v) is 15.9. The molecule has 0 aliphatic carbocycles. The van der Waals surface area contributed by atoms with Gasteiger partial charge in [-0.05, 0) is 64.0 Å². The standard InChI is InChI=1S/C44H29N3/c1-4-14-30(15-5-1)38-29-41(32-16-6-2-7-17-32)45-43-36-21-11-10-20-35(36)37(28-39(38)43)31-24-26-34(27-25-31)47-42-23-13-12-22-40(42)46-44(47)33-18-8-3-9-19-33/h1-29H. The zero-order chi connectivity index (χ0) is 31.2. The fourth-order valence-electron chi connectivity index (χ4n) is 6.76. The van der Waals surface area contributed by atoms with Crippen molar-refractivity contribution in [2.45, 2.75) is 0 Å². The van der Waals surface area contributed by atoms with Crippen LogP contribution in [0.1, 0.15) is 0 Å². The molecule has 220 valence electrons. The summed E-state index contributed by atoms with van der Waals surface area (Å²) in [7, 11) is 0. The average Bonchev–Trinajstić information content (AvgIpc) is 3.55. The summed E-state index contributed by atoms with van der Waals surface area (Å²) >= 11 is 0. The molecule has 0 saturated heterocycles. The van der Waals surface area contributed by atoms with E-state index in [1.54, 1.807) is 0 Å². The van der Waals surface area contributed by atoms with E-state index < -0.39 is 0 Å². The topological polar surface area (TPSA) is 30.7 Å². The van der Waals surface area contributed by atoms with E-state index in [0.717, 1.165) is 61.2 Å². The summed E-state index contributed by atoms with van der Waals surface area (Å²) in [5.74, 6) is 0.934. The van der Waals surface area contributed by atoms with Gasteiger partial charge >= 0.3 is 0 Å². The number of hydrogen-bond donors (Lipinski definition) is 0. The molecule has 7 aromatic carbocycles. The number of rotatable bonds is 5. The molecule has 2 heterocycles. The lowest BCUT2D eigenvalue weighted by Gasteiger charge is -2.16. The van der Waals surface area contributed by atoms with Gasteiger partial charge in [-0.1, -0.05) is 140 Å². The van der Waals surface area contributed by atoms with Crippen molar-refractivity contribution >= 4 is 32.7 Å². The Morgan fingerprint density at radius 1 is 0.383 bits per heavy atom. The van der Waals surface area contributed by atoms with E-state index in [2.05, 4.69) is 162 Å². The van der Waals surface area contributed by atoms with Crippen molar-refractivity contribution in [3.8, 4) is 50.6 Å². The van der Waals surface area contributed by atoms with Gasteiger partial charge in [0.05, 0.1) is 22.2 Å². The average molecular weight is 600 g/mol. The molecule has 0 aliphatic heterocycles. The normalized spacial score (nSPS) is 11.4. The van der Waals surface area contributed by atoms with Crippen molar-refractivity contribution in [2.24, 2.45) is 0 Å². The third-order valence-corrected chi connectivity index (χ3v) is 9.00. The van der Waals surface area contributed by atoms with E-state index >= 15 is 0 Å². The van der Waals surface area contributed by atoms with Gasteiger partial charge in [0.1, 0.15) is 5.82 Å². The number of pyridine rings is 1. The van der Waals surface area contributed by atoms with Crippen molar-refractivity contribution in [1.29, 1.82) is 0 Å². The summed E-state index contributed by atoms with van der Waals surface area (Å²) in [5.41, 5.74) is 12.0. The number of hydrogen-bond acceptors (Lipinski definition) is 2. The number of imidazole rings is 1. The first-order valence-electron chi connectivity index (χ1n) is 15.9. The summed E-state index contributed by atoms with van der Waals surface area (Å²) in [4.78, 5) is 10.3. The van der Waals surface area contributed by atoms with E-state index in [1.807, 2.05) is 18.2 Å². The number of benzene rings is 7. The third kappa shape index (κ3) is 4.68. The van der Waals surface area contributed by atoms with Crippen LogP contribution in [0.4, 0.5) is 0 Å². The quantitative estimate of drug-likeness (QED) is 0.184. The van der Waals surface area contributed by atoms with Gasteiger partial charge in [-0.2, -0.15) is 0 Å². The number of aromatic nitrogens is 3. The van der Waals surface area contributed by atoms with Crippen LogP contribution in [-0.2, 0) is 0 Å². The largest absolute Gasteiger partial charge is 0.292 e. The Balaban J connectivity index is 1.25. The molecule has 0 fully saturated rings. The third-order valence-electron chi connectivity index (χ3n) is 9.00. The van der Waals surface area contributed by atoms with Crippen LogP contribution >= 0.6 is 0 Å². The number of fused-ring (bicyclic) bond motifs is 4. The van der Waals surface area contributed by atoms with Crippen LogP contribution in [0.2, 0.25) is 0 Å². The molecular formula is C44H29N3. The molecule has 0 N–H and O–H groups in total. The molecule has 47 heavy (non-hydrogen) atoms. The maximum atomic E-state index is 5.30. The summed E-state index contributed by atoms with van der Waals surface area (Å²) in [5, 5.41) is 3.47. The first-order chi connectivity index (χ1) is 23.3. The van der Waals surface area contributed by atoms with Crippen LogP contribution in [-0.4, -0.2) is 14.5 Å².